The molecule has 1 amide bonds. The van der Waals surface area contributed by atoms with Gasteiger partial charge >= 0.3 is 0 Å². The molecule has 0 bridgehead atoms. The standard InChI is InChI=1S/C20H20N2O2S/c1-12-7-8-17(13(2)9-12)20-22-18(11-25-20)19(24)21-14(3)15-5-4-6-16(23)10-15/h4-11,14,23H,1-3H3,(H,21,24). The van der Waals surface area contributed by atoms with Gasteiger partial charge in [0.1, 0.15) is 16.5 Å². The van der Waals surface area contributed by atoms with E-state index >= 15 is 0 Å². The van der Waals surface area contributed by atoms with Crippen LogP contribution in [-0.4, -0.2) is 16.0 Å². The molecule has 2 N–H and O–H groups in total. The maximum absolute atomic E-state index is 12.5. The predicted octanol–water partition coefficient (Wildman–Crippen LogP) is 4.62. The van der Waals surface area contributed by atoms with E-state index in [2.05, 4.69) is 23.3 Å². The van der Waals surface area contributed by atoms with Crippen LogP contribution >= 0.6 is 11.3 Å². The number of amides is 1. The van der Waals surface area contributed by atoms with Crippen molar-refractivity contribution in [2.75, 3.05) is 0 Å². The Balaban J connectivity index is 1.76. The fourth-order valence-corrected chi connectivity index (χ4v) is 3.59. The van der Waals surface area contributed by atoms with E-state index in [1.54, 1.807) is 23.6 Å². The molecule has 0 fully saturated rings. The summed E-state index contributed by atoms with van der Waals surface area (Å²) in [6.45, 7) is 5.98. The van der Waals surface area contributed by atoms with Crippen molar-refractivity contribution in [1.82, 2.24) is 10.3 Å². The van der Waals surface area contributed by atoms with Crippen molar-refractivity contribution in [3.63, 3.8) is 0 Å². The number of hydrogen-bond donors (Lipinski definition) is 2. The van der Waals surface area contributed by atoms with Gasteiger partial charge in [-0.1, -0.05) is 35.9 Å². The smallest absolute Gasteiger partial charge is 0.271 e. The third-order valence-electron chi connectivity index (χ3n) is 4.07. The summed E-state index contributed by atoms with van der Waals surface area (Å²) in [5.41, 5.74) is 4.66. The number of aromatic nitrogens is 1. The Morgan fingerprint density at radius 1 is 1.20 bits per heavy atom. The Morgan fingerprint density at radius 2 is 2.00 bits per heavy atom. The second kappa shape index (κ2) is 7.07. The highest BCUT2D eigenvalue weighted by Crippen LogP contribution is 2.27. The van der Waals surface area contributed by atoms with E-state index in [1.807, 2.05) is 32.0 Å². The highest BCUT2D eigenvalue weighted by molar-refractivity contribution is 7.13. The van der Waals surface area contributed by atoms with Crippen LogP contribution in [0.25, 0.3) is 10.6 Å². The van der Waals surface area contributed by atoms with Gasteiger partial charge in [0, 0.05) is 10.9 Å². The minimum absolute atomic E-state index is 0.185. The molecule has 1 aromatic heterocycles. The number of aryl methyl sites for hydroxylation is 2. The second-order valence-corrected chi connectivity index (χ2v) is 7.00. The molecule has 0 saturated heterocycles. The van der Waals surface area contributed by atoms with E-state index in [0.717, 1.165) is 21.7 Å². The van der Waals surface area contributed by atoms with Crippen LogP contribution < -0.4 is 5.32 Å². The number of phenols is 1. The lowest BCUT2D eigenvalue weighted by atomic mass is 10.1. The van der Waals surface area contributed by atoms with Gasteiger partial charge in [0.05, 0.1) is 6.04 Å². The molecule has 1 atom stereocenters. The van der Waals surface area contributed by atoms with Crippen LogP contribution in [0.2, 0.25) is 0 Å². The van der Waals surface area contributed by atoms with Crippen LogP contribution in [0.3, 0.4) is 0 Å². The molecule has 0 aliphatic carbocycles. The molecule has 2 aromatic carbocycles. The molecule has 0 aliphatic rings. The van der Waals surface area contributed by atoms with Crippen molar-refractivity contribution in [3.05, 3.63) is 70.2 Å². The minimum Gasteiger partial charge on any atom is -0.508 e. The Labute approximate surface area is 151 Å². The summed E-state index contributed by atoms with van der Waals surface area (Å²) in [7, 11) is 0. The Kier molecular flexibility index (Phi) is 4.86. The molecule has 128 valence electrons. The van der Waals surface area contributed by atoms with Gasteiger partial charge in [0.15, 0.2) is 0 Å². The summed E-state index contributed by atoms with van der Waals surface area (Å²) < 4.78 is 0. The fraction of sp³-hybridized carbons (Fsp3) is 0.200. The zero-order valence-electron chi connectivity index (χ0n) is 14.4. The zero-order valence-corrected chi connectivity index (χ0v) is 15.2. The third kappa shape index (κ3) is 3.88. The largest absolute Gasteiger partial charge is 0.508 e. The Hall–Kier alpha value is -2.66. The number of aromatic hydroxyl groups is 1. The number of nitrogens with one attached hydrogen (secondary N) is 1. The molecule has 0 saturated carbocycles. The monoisotopic (exact) mass is 352 g/mol. The first-order valence-electron chi connectivity index (χ1n) is 8.07. The molecule has 3 aromatic rings. The first-order valence-corrected chi connectivity index (χ1v) is 8.95. The minimum atomic E-state index is -0.219. The van der Waals surface area contributed by atoms with Gasteiger partial charge in [-0.25, -0.2) is 4.98 Å². The van der Waals surface area contributed by atoms with Crippen LogP contribution in [0.1, 0.15) is 40.1 Å². The number of hydrogen-bond acceptors (Lipinski definition) is 4. The summed E-state index contributed by atoms with van der Waals surface area (Å²) in [5.74, 6) is -0.0347. The van der Waals surface area contributed by atoms with Gasteiger partial charge in [0.2, 0.25) is 0 Å². The van der Waals surface area contributed by atoms with Gasteiger partial charge in [-0.2, -0.15) is 0 Å². The van der Waals surface area contributed by atoms with Crippen molar-refractivity contribution in [2.45, 2.75) is 26.8 Å². The summed E-state index contributed by atoms with van der Waals surface area (Å²) in [4.78, 5) is 17.0. The number of carbonyl (C=O) groups is 1. The van der Waals surface area contributed by atoms with E-state index in [-0.39, 0.29) is 17.7 Å². The average molecular weight is 352 g/mol. The maximum atomic E-state index is 12.5. The molecule has 25 heavy (non-hydrogen) atoms. The summed E-state index contributed by atoms with van der Waals surface area (Å²) >= 11 is 1.46. The van der Waals surface area contributed by atoms with Gasteiger partial charge in [0.25, 0.3) is 5.91 Å². The second-order valence-electron chi connectivity index (χ2n) is 6.15. The lowest BCUT2D eigenvalue weighted by Gasteiger charge is -2.13. The van der Waals surface area contributed by atoms with Crippen molar-refractivity contribution in [3.8, 4) is 16.3 Å². The third-order valence-corrected chi connectivity index (χ3v) is 4.94. The van der Waals surface area contributed by atoms with Crippen LogP contribution in [0, 0.1) is 13.8 Å². The van der Waals surface area contributed by atoms with E-state index in [1.165, 1.54) is 16.9 Å². The SMILES string of the molecule is Cc1ccc(-c2nc(C(=O)NC(C)c3cccc(O)c3)cs2)c(C)c1. The number of thiazole rings is 1. The average Bonchev–Trinajstić information content (AvgIpc) is 3.04. The van der Waals surface area contributed by atoms with Crippen molar-refractivity contribution >= 4 is 17.2 Å². The van der Waals surface area contributed by atoms with Crippen LogP contribution in [-0.2, 0) is 0 Å². The highest BCUT2D eigenvalue weighted by atomic mass is 32.1. The molecule has 1 unspecified atom stereocenters. The van der Waals surface area contributed by atoms with E-state index < -0.39 is 0 Å². The van der Waals surface area contributed by atoms with Crippen LogP contribution in [0.4, 0.5) is 0 Å². The fourth-order valence-electron chi connectivity index (χ4n) is 2.70. The summed E-state index contributed by atoms with van der Waals surface area (Å²) in [6, 6.07) is 12.9. The topological polar surface area (TPSA) is 62.2 Å². The normalized spacial score (nSPS) is 12.0. The summed E-state index contributed by atoms with van der Waals surface area (Å²) in [6.07, 6.45) is 0. The molecule has 5 heteroatoms. The summed E-state index contributed by atoms with van der Waals surface area (Å²) in [5, 5.41) is 15.1. The lowest BCUT2D eigenvalue weighted by Crippen LogP contribution is -2.26. The van der Waals surface area contributed by atoms with Crippen LogP contribution in [0.5, 0.6) is 5.75 Å². The maximum Gasteiger partial charge on any atom is 0.271 e. The first kappa shape index (κ1) is 17.2. The Morgan fingerprint density at radius 3 is 2.72 bits per heavy atom. The van der Waals surface area contributed by atoms with Crippen LogP contribution in [0.15, 0.2) is 47.8 Å². The van der Waals surface area contributed by atoms with Crippen molar-refractivity contribution in [2.24, 2.45) is 0 Å². The van der Waals surface area contributed by atoms with E-state index in [0.29, 0.717) is 5.69 Å². The molecular formula is C20H20N2O2S. The predicted molar refractivity (Wildman–Crippen MR) is 101 cm³/mol. The van der Waals surface area contributed by atoms with Crippen molar-refractivity contribution < 1.29 is 9.90 Å². The van der Waals surface area contributed by atoms with E-state index in [9.17, 15) is 9.90 Å². The van der Waals surface area contributed by atoms with Gasteiger partial charge in [-0.15, -0.1) is 11.3 Å². The van der Waals surface area contributed by atoms with E-state index in [4.69, 9.17) is 0 Å². The molecule has 1 heterocycles. The van der Waals surface area contributed by atoms with Gasteiger partial charge in [-0.05, 0) is 44.0 Å². The molecule has 0 spiro atoms. The highest BCUT2D eigenvalue weighted by Gasteiger charge is 2.16. The number of benzene rings is 2. The number of nitrogens with zero attached hydrogens (tertiary/aromatic N) is 1. The Bertz CT molecular complexity index is 918. The number of rotatable bonds is 4. The van der Waals surface area contributed by atoms with Gasteiger partial charge < -0.3 is 10.4 Å². The van der Waals surface area contributed by atoms with Crippen molar-refractivity contribution in [1.29, 1.82) is 0 Å². The number of phenolic OH excluding ortho intramolecular Hbond substituents is 1. The van der Waals surface area contributed by atoms with Gasteiger partial charge in [-0.3, -0.25) is 4.79 Å². The molecule has 3 rings (SSSR count). The zero-order chi connectivity index (χ0) is 18.0. The first-order chi connectivity index (χ1) is 11.9. The lowest BCUT2D eigenvalue weighted by molar-refractivity contribution is 0.0935. The molecule has 0 aliphatic heterocycles. The number of carbonyl (C=O) groups excluding carboxylic acids is 1. The molecular weight excluding hydrogens is 332 g/mol. The molecule has 4 nitrogen and oxygen atoms in total. The molecule has 0 radical (unpaired) electrons. The quantitative estimate of drug-likeness (QED) is 0.720.